The Bertz CT molecular complexity index is 587. The Balaban J connectivity index is 1.61. The van der Waals surface area contributed by atoms with Crippen molar-refractivity contribution >= 4 is 27.5 Å². The standard InChI is InChI=1S/C15H22N2O2S2/c1-17-12-5-6-13(17)10-15(9-12)20-14-7-3-11(4-8-14)16-21(2,18)19/h3-4,7-8,12-13,15-16H,5-6,9-10H2,1-2H3. The number of rotatable bonds is 4. The highest BCUT2D eigenvalue weighted by Crippen LogP contribution is 2.41. The Kier molecular flexibility index (Phi) is 4.21. The molecule has 0 radical (unpaired) electrons. The van der Waals surface area contributed by atoms with Crippen LogP contribution in [-0.2, 0) is 10.0 Å². The predicted octanol–water partition coefficient (Wildman–Crippen LogP) is 2.78. The van der Waals surface area contributed by atoms with Gasteiger partial charge >= 0.3 is 0 Å². The maximum Gasteiger partial charge on any atom is 0.229 e. The van der Waals surface area contributed by atoms with Gasteiger partial charge in [-0.05, 0) is 57.0 Å². The van der Waals surface area contributed by atoms with Crippen LogP contribution in [0.3, 0.4) is 0 Å². The first-order valence-electron chi connectivity index (χ1n) is 7.37. The Morgan fingerprint density at radius 1 is 1.14 bits per heavy atom. The second-order valence-electron chi connectivity index (χ2n) is 6.16. The van der Waals surface area contributed by atoms with E-state index in [1.165, 1.54) is 36.8 Å². The van der Waals surface area contributed by atoms with Crippen LogP contribution in [0.4, 0.5) is 5.69 Å². The van der Waals surface area contributed by atoms with Gasteiger partial charge in [-0.1, -0.05) is 0 Å². The zero-order valence-electron chi connectivity index (χ0n) is 12.5. The average molecular weight is 326 g/mol. The van der Waals surface area contributed by atoms with Gasteiger partial charge in [-0.3, -0.25) is 4.72 Å². The van der Waals surface area contributed by atoms with Gasteiger partial charge in [0.2, 0.25) is 10.0 Å². The minimum atomic E-state index is -3.19. The zero-order valence-corrected chi connectivity index (χ0v) is 14.1. The van der Waals surface area contributed by atoms with Gasteiger partial charge in [0.25, 0.3) is 0 Å². The van der Waals surface area contributed by atoms with Crippen molar-refractivity contribution < 1.29 is 8.42 Å². The number of hydrogen-bond donors (Lipinski definition) is 1. The van der Waals surface area contributed by atoms with Gasteiger partial charge in [-0.2, -0.15) is 0 Å². The summed E-state index contributed by atoms with van der Waals surface area (Å²) in [4.78, 5) is 3.78. The Morgan fingerprint density at radius 2 is 1.71 bits per heavy atom. The van der Waals surface area contributed by atoms with Gasteiger partial charge < -0.3 is 4.90 Å². The van der Waals surface area contributed by atoms with Crippen molar-refractivity contribution in [3.8, 4) is 0 Å². The van der Waals surface area contributed by atoms with Gasteiger partial charge in [0.05, 0.1) is 6.26 Å². The van der Waals surface area contributed by atoms with Crippen molar-refractivity contribution in [2.24, 2.45) is 0 Å². The third kappa shape index (κ3) is 3.73. The summed E-state index contributed by atoms with van der Waals surface area (Å²) < 4.78 is 24.9. The number of piperidine rings is 1. The Hall–Kier alpha value is -0.720. The SMILES string of the molecule is CN1C2CCC1CC(Sc1ccc(NS(C)(=O)=O)cc1)C2. The molecule has 2 bridgehead atoms. The summed E-state index contributed by atoms with van der Waals surface area (Å²) in [6, 6.07) is 9.22. The molecule has 0 aromatic heterocycles. The first kappa shape index (κ1) is 15.2. The van der Waals surface area contributed by atoms with Crippen molar-refractivity contribution in [3.63, 3.8) is 0 Å². The summed E-state index contributed by atoms with van der Waals surface area (Å²) in [5, 5.41) is 0.687. The van der Waals surface area contributed by atoms with Gasteiger partial charge in [0.15, 0.2) is 0 Å². The number of fused-ring (bicyclic) bond motifs is 2. The molecular weight excluding hydrogens is 304 g/mol. The Morgan fingerprint density at radius 3 is 2.24 bits per heavy atom. The number of hydrogen-bond acceptors (Lipinski definition) is 4. The molecule has 1 aromatic rings. The lowest BCUT2D eigenvalue weighted by atomic mass is 10.0. The van der Waals surface area contributed by atoms with Gasteiger partial charge in [0.1, 0.15) is 0 Å². The molecule has 21 heavy (non-hydrogen) atoms. The number of nitrogens with one attached hydrogen (secondary N) is 1. The molecule has 2 aliphatic rings. The lowest BCUT2D eigenvalue weighted by molar-refractivity contribution is 0.183. The molecule has 2 saturated heterocycles. The molecule has 3 rings (SSSR count). The molecule has 116 valence electrons. The summed E-state index contributed by atoms with van der Waals surface area (Å²) >= 11 is 1.94. The Labute approximate surface area is 131 Å². The van der Waals surface area contributed by atoms with E-state index < -0.39 is 10.0 Å². The lowest BCUT2D eigenvalue weighted by Crippen LogP contribution is -2.40. The smallest absolute Gasteiger partial charge is 0.229 e. The molecule has 2 heterocycles. The molecule has 6 heteroatoms. The van der Waals surface area contributed by atoms with Crippen LogP contribution in [0.25, 0.3) is 0 Å². The fourth-order valence-corrected chi connectivity index (χ4v) is 5.34. The van der Waals surface area contributed by atoms with E-state index >= 15 is 0 Å². The van der Waals surface area contributed by atoms with Crippen LogP contribution in [0.15, 0.2) is 29.2 Å². The number of sulfonamides is 1. The molecule has 2 aliphatic heterocycles. The average Bonchev–Trinajstić information content (AvgIpc) is 2.62. The lowest BCUT2D eigenvalue weighted by Gasteiger charge is -2.36. The van der Waals surface area contributed by atoms with Crippen molar-refractivity contribution in [3.05, 3.63) is 24.3 Å². The quantitative estimate of drug-likeness (QED) is 0.924. The third-order valence-electron chi connectivity index (χ3n) is 4.52. The molecule has 0 amide bonds. The monoisotopic (exact) mass is 326 g/mol. The summed E-state index contributed by atoms with van der Waals surface area (Å²) in [5.41, 5.74) is 0.630. The first-order valence-corrected chi connectivity index (χ1v) is 10.1. The van der Waals surface area contributed by atoms with E-state index in [9.17, 15) is 8.42 Å². The number of anilines is 1. The van der Waals surface area contributed by atoms with Crippen LogP contribution in [0.1, 0.15) is 25.7 Å². The molecule has 2 unspecified atom stereocenters. The number of thioether (sulfide) groups is 1. The molecule has 1 N–H and O–H groups in total. The normalized spacial score (nSPS) is 29.5. The van der Waals surface area contributed by atoms with Gasteiger partial charge in [-0.15, -0.1) is 11.8 Å². The molecule has 0 aliphatic carbocycles. The highest BCUT2D eigenvalue weighted by Gasteiger charge is 2.38. The van der Waals surface area contributed by atoms with Crippen molar-refractivity contribution in [2.45, 2.75) is 47.9 Å². The second kappa shape index (κ2) is 5.82. The molecule has 4 nitrogen and oxygen atoms in total. The summed E-state index contributed by atoms with van der Waals surface area (Å²) in [7, 11) is -0.933. The maximum absolute atomic E-state index is 11.2. The van der Waals surface area contributed by atoms with Crippen LogP contribution in [0, 0.1) is 0 Å². The van der Waals surface area contributed by atoms with E-state index in [1.807, 2.05) is 36.0 Å². The topological polar surface area (TPSA) is 49.4 Å². The van der Waals surface area contributed by atoms with E-state index in [0.29, 0.717) is 10.9 Å². The van der Waals surface area contributed by atoms with Crippen LogP contribution in [-0.4, -0.2) is 44.0 Å². The fraction of sp³-hybridized carbons (Fsp3) is 0.600. The molecule has 2 fully saturated rings. The minimum Gasteiger partial charge on any atom is -0.300 e. The fourth-order valence-electron chi connectivity index (χ4n) is 3.47. The van der Waals surface area contributed by atoms with Crippen molar-refractivity contribution in [1.29, 1.82) is 0 Å². The number of benzene rings is 1. The van der Waals surface area contributed by atoms with Gasteiger partial charge in [-0.25, -0.2) is 8.42 Å². The minimum absolute atomic E-state index is 0.630. The maximum atomic E-state index is 11.2. The summed E-state index contributed by atoms with van der Waals surface area (Å²) in [6.45, 7) is 0. The van der Waals surface area contributed by atoms with Gasteiger partial charge in [0, 0.05) is 27.9 Å². The van der Waals surface area contributed by atoms with Crippen LogP contribution in [0.5, 0.6) is 0 Å². The highest BCUT2D eigenvalue weighted by molar-refractivity contribution is 8.00. The molecule has 0 spiro atoms. The molecular formula is C15H22N2O2S2. The molecule has 0 saturated carbocycles. The van der Waals surface area contributed by atoms with E-state index in [4.69, 9.17) is 0 Å². The zero-order chi connectivity index (χ0) is 15.0. The third-order valence-corrected chi connectivity index (χ3v) is 6.38. The van der Waals surface area contributed by atoms with Crippen LogP contribution >= 0.6 is 11.8 Å². The van der Waals surface area contributed by atoms with Crippen molar-refractivity contribution in [1.82, 2.24) is 4.90 Å². The van der Waals surface area contributed by atoms with Crippen molar-refractivity contribution in [2.75, 3.05) is 18.0 Å². The highest BCUT2D eigenvalue weighted by atomic mass is 32.2. The summed E-state index contributed by atoms with van der Waals surface area (Å²) in [5.74, 6) is 0. The largest absolute Gasteiger partial charge is 0.300 e. The van der Waals surface area contributed by atoms with E-state index in [2.05, 4.69) is 16.7 Å². The van der Waals surface area contributed by atoms with E-state index in [0.717, 1.165) is 12.1 Å². The van der Waals surface area contributed by atoms with Crippen LogP contribution in [0.2, 0.25) is 0 Å². The predicted molar refractivity (Wildman–Crippen MR) is 88.4 cm³/mol. The van der Waals surface area contributed by atoms with E-state index in [-0.39, 0.29) is 0 Å². The molecule has 1 aromatic carbocycles. The first-order chi connectivity index (χ1) is 9.90. The summed E-state index contributed by atoms with van der Waals surface area (Å²) in [6.07, 6.45) is 6.39. The van der Waals surface area contributed by atoms with E-state index in [1.54, 1.807) is 0 Å². The molecule has 2 atom stereocenters. The number of nitrogens with zero attached hydrogens (tertiary/aromatic N) is 1. The second-order valence-corrected chi connectivity index (χ2v) is 9.28. The van der Waals surface area contributed by atoms with Crippen LogP contribution < -0.4 is 4.72 Å².